The van der Waals surface area contributed by atoms with Gasteiger partial charge >= 0.3 is 0 Å². The molecule has 1 N–H and O–H groups in total. The number of hydrogen-bond donors (Lipinski definition) is 1. The molecule has 0 aromatic carbocycles. The third-order valence-electron chi connectivity index (χ3n) is 4.85. The minimum atomic E-state index is -0.637. The van der Waals surface area contributed by atoms with Crippen molar-refractivity contribution in [3.05, 3.63) is 12.7 Å². The average Bonchev–Trinajstić information content (AvgIpc) is 2.45. The standard InChI is InChI=1S/C16H26N2O2/c1-4-11-18-13(12(3)5-2)14(19)17-16(15(18)20)9-7-6-8-10-16/h4,12-13H,1,5-11H2,2-3H3,(H,17,19). The Bertz CT molecular complexity index is 399. The lowest BCUT2D eigenvalue weighted by Gasteiger charge is -2.48. The summed E-state index contributed by atoms with van der Waals surface area (Å²) in [5.74, 6) is 0.282. The zero-order valence-corrected chi connectivity index (χ0v) is 12.7. The Hall–Kier alpha value is -1.32. The molecule has 2 atom stereocenters. The lowest BCUT2D eigenvalue weighted by atomic mass is 9.77. The molecule has 4 nitrogen and oxygen atoms in total. The lowest BCUT2D eigenvalue weighted by Crippen LogP contribution is -2.71. The molecule has 112 valence electrons. The highest BCUT2D eigenvalue weighted by molar-refractivity contribution is 6.00. The molecule has 2 fully saturated rings. The van der Waals surface area contributed by atoms with Crippen molar-refractivity contribution in [2.75, 3.05) is 6.54 Å². The Morgan fingerprint density at radius 3 is 2.60 bits per heavy atom. The first-order chi connectivity index (χ1) is 9.55. The van der Waals surface area contributed by atoms with Crippen LogP contribution in [0.25, 0.3) is 0 Å². The highest BCUT2D eigenvalue weighted by Crippen LogP contribution is 2.34. The average molecular weight is 278 g/mol. The van der Waals surface area contributed by atoms with Gasteiger partial charge in [0.2, 0.25) is 11.8 Å². The molecule has 0 bridgehead atoms. The van der Waals surface area contributed by atoms with Crippen molar-refractivity contribution in [3.63, 3.8) is 0 Å². The molecule has 1 saturated heterocycles. The first-order valence-electron chi connectivity index (χ1n) is 7.79. The summed E-state index contributed by atoms with van der Waals surface area (Å²) in [5.41, 5.74) is -0.637. The Labute approximate surface area is 121 Å². The fourth-order valence-electron chi connectivity index (χ4n) is 3.52. The molecule has 1 heterocycles. The fourth-order valence-corrected chi connectivity index (χ4v) is 3.52. The molecule has 2 unspecified atom stereocenters. The molecule has 0 aromatic rings. The Kier molecular flexibility index (Phi) is 4.51. The molecule has 0 radical (unpaired) electrons. The van der Waals surface area contributed by atoms with Gasteiger partial charge in [-0.05, 0) is 18.8 Å². The van der Waals surface area contributed by atoms with E-state index < -0.39 is 5.54 Å². The van der Waals surface area contributed by atoms with E-state index in [0.29, 0.717) is 6.54 Å². The van der Waals surface area contributed by atoms with Crippen molar-refractivity contribution in [2.45, 2.75) is 64.0 Å². The Morgan fingerprint density at radius 2 is 2.05 bits per heavy atom. The monoisotopic (exact) mass is 278 g/mol. The van der Waals surface area contributed by atoms with Gasteiger partial charge in [-0.3, -0.25) is 9.59 Å². The molecule has 1 aliphatic carbocycles. The molecule has 1 saturated carbocycles. The molecule has 1 aliphatic heterocycles. The van der Waals surface area contributed by atoms with E-state index in [9.17, 15) is 9.59 Å². The van der Waals surface area contributed by atoms with Crippen LogP contribution in [0, 0.1) is 5.92 Å². The summed E-state index contributed by atoms with van der Waals surface area (Å²) >= 11 is 0. The summed E-state index contributed by atoms with van der Waals surface area (Å²) in [4.78, 5) is 27.2. The SMILES string of the molecule is C=CCN1C(=O)C2(CCCCC2)NC(=O)C1C(C)CC. The van der Waals surface area contributed by atoms with Gasteiger partial charge in [0.15, 0.2) is 0 Å². The first kappa shape index (κ1) is 15.1. The highest BCUT2D eigenvalue weighted by Gasteiger charge is 2.51. The van der Waals surface area contributed by atoms with Crippen LogP contribution < -0.4 is 5.32 Å². The molecule has 0 aromatic heterocycles. The summed E-state index contributed by atoms with van der Waals surface area (Å²) < 4.78 is 0. The van der Waals surface area contributed by atoms with Crippen LogP contribution >= 0.6 is 0 Å². The Balaban J connectivity index is 2.30. The minimum Gasteiger partial charge on any atom is -0.340 e. The smallest absolute Gasteiger partial charge is 0.249 e. The number of rotatable bonds is 4. The summed E-state index contributed by atoms with van der Waals surface area (Å²) in [6.45, 7) is 8.29. The summed E-state index contributed by atoms with van der Waals surface area (Å²) in [6.07, 6.45) is 7.34. The van der Waals surface area contributed by atoms with Crippen LogP contribution in [-0.4, -0.2) is 34.8 Å². The van der Waals surface area contributed by atoms with Crippen LogP contribution in [0.3, 0.4) is 0 Å². The number of carbonyl (C=O) groups is 2. The van der Waals surface area contributed by atoms with Gasteiger partial charge in [0.05, 0.1) is 0 Å². The van der Waals surface area contributed by atoms with Crippen molar-refractivity contribution in [3.8, 4) is 0 Å². The first-order valence-corrected chi connectivity index (χ1v) is 7.79. The van der Waals surface area contributed by atoms with Gasteiger partial charge < -0.3 is 10.2 Å². The van der Waals surface area contributed by atoms with Gasteiger partial charge in [0, 0.05) is 6.54 Å². The van der Waals surface area contributed by atoms with Crippen LogP contribution in [0.15, 0.2) is 12.7 Å². The van der Waals surface area contributed by atoms with Crippen molar-refractivity contribution in [1.82, 2.24) is 10.2 Å². The molecule has 1 spiro atoms. The van der Waals surface area contributed by atoms with Crippen LogP contribution in [0.4, 0.5) is 0 Å². The molecule has 2 aliphatic rings. The second-order valence-electron chi connectivity index (χ2n) is 6.21. The van der Waals surface area contributed by atoms with E-state index in [2.05, 4.69) is 18.8 Å². The summed E-state index contributed by atoms with van der Waals surface area (Å²) in [5, 5.41) is 3.07. The van der Waals surface area contributed by atoms with Crippen LogP contribution in [0.1, 0.15) is 52.4 Å². The van der Waals surface area contributed by atoms with Gasteiger partial charge in [-0.25, -0.2) is 0 Å². The number of hydrogen-bond acceptors (Lipinski definition) is 2. The third kappa shape index (κ3) is 2.48. The molecule has 2 rings (SSSR count). The maximum Gasteiger partial charge on any atom is 0.249 e. The fraction of sp³-hybridized carbons (Fsp3) is 0.750. The summed E-state index contributed by atoms with van der Waals surface area (Å²) in [7, 11) is 0. The largest absolute Gasteiger partial charge is 0.340 e. The normalized spacial score (nSPS) is 27.3. The van der Waals surface area contributed by atoms with Crippen molar-refractivity contribution in [1.29, 1.82) is 0 Å². The second-order valence-corrected chi connectivity index (χ2v) is 6.21. The zero-order valence-electron chi connectivity index (χ0n) is 12.7. The molecule has 20 heavy (non-hydrogen) atoms. The number of nitrogens with one attached hydrogen (secondary N) is 1. The van der Waals surface area contributed by atoms with E-state index in [1.165, 1.54) is 0 Å². The van der Waals surface area contributed by atoms with Crippen LogP contribution in [-0.2, 0) is 9.59 Å². The van der Waals surface area contributed by atoms with Crippen molar-refractivity contribution in [2.24, 2.45) is 5.92 Å². The van der Waals surface area contributed by atoms with Gasteiger partial charge in [-0.2, -0.15) is 0 Å². The molecule has 2 amide bonds. The maximum absolute atomic E-state index is 12.9. The van der Waals surface area contributed by atoms with Crippen LogP contribution in [0.2, 0.25) is 0 Å². The van der Waals surface area contributed by atoms with E-state index >= 15 is 0 Å². The third-order valence-corrected chi connectivity index (χ3v) is 4.85. The quantitative estimate of drug-likeness (QED) is 0.802. The van der Waals surface area contributed by atoms with E-state index in [1.54, 1.807) is 11.0 Å². The molecular weight excluding hydrogens is 252 g/mol. The van der Waals surface area contributed by atoms with Gasteiger partial charge in [-0.15, -0.1) is 6.58 Å². The van der Waals surface area contributed by atoms with Crippen molar-refractivity contribution < 1.29 is 9.59 Å². The van der Waals surface area contributed by atoms with E-state index in [0.717, 1.165) is 38.5 Å². The molecular formula is C16H26N2O2. The highest BCUT2D eigenvalue weighted by atomic mass is 16.2. The topological polar surface area (TPSA) is 49.4 Å². The lowest BCUT2D eigenvalue weighted by molar-refractivity contribution is -0.158. The number of piperazine rings is 1. The summed E-state index contributed by atoms with van der Waals surface area (Å²) in [6, 6.07) is -0.349. The van der Waals surface area contributed by atoms with E-state index in [1.807, 2.05) is 6.92 Å². The van der Waals surface area contributed by atoms with Gasteiger partial charge in [-0.1, -0.05) is 45.6 Å². The second kappa shape index (κ2) is 5.98. The van der Waals surface area contributed by atoms with E-state index in [4.69, 9.17) is 0 Å². The van der Waals surface area contributed by atoms with Crippen molar-refractivity contribution >= 4 is 11.8 Å². The van der Waals surface area contributed by atoms with Crippen LogP contribution in [0.5, 0.6) is 0 Å². The number of amides is 2. The predicted octanol–water partition coefficient (Wildman–Crippen LogP) is 2.25. The van der Waals surface area contributed by atoms with Gasteiger partial charge in [0.25, 0.3) is 0 Å². The molecule has 4 heteroatoms. The number of carbonyl (C=O) groups excluding carboxylic acids is 2. The predicted molar refractivity (Wildman–Crippen MR) is 79.1 cm³/mol. The van der Waals surface area contributed by atoms with Gasteiger partial charge in [0.1, 0.15) is 11.6 Å². The Morgan fingerprint density at radius 1 is 1.40 bits per heavy atom. The maximum atomic E-state index is 12.9. The number of nitrogens with zero attached hydrogens (tertiary/aromatic N) is 1. The minimum absolute atomic E-state index is 0.0164. The zero-order chi connectivity index (χ0) is 14.8. The van der Waals surface area contributed by atoms with E-state index in [-0.39, 0.29) is 23.8 Å².